The number of hydrogen-bond donors (Lipinski definition) is 0. The van der Waals surface area contributed by atoms with Crippen LogP contribution in [0.4, 0.5) is 0 Å². The molecule has 0 radical (unpaired) electrons. The first-order valence-corrected chi connectivity index (χ1v) is 7.61. The Bertz CT molecular complexity index is 417. The van der Waals surface area contributed by atoms with Crippen LogP contribution in [0.3, 0.4) is 0 Å². The number of benzene rings is 2. The van der Waals surface area contributed by atoms with Crippen LogP contribution in [0.25, 0.3) is 0 Å². The summed E-state index contributed by atoms with van der Waals surface area (Å²) in [6.45, 7) is 0. The van der Waals surface area contributed by atoms with Crippen molar-refractivity contribution in [1.82, 2.24) is 0 Å². The van der Waals surface area contributed by atoms with E-state index in [0.717, 1.165) is 11.5 Å². The van der Waals surface area contributed by atoms with E-state index in [2.05, 4.69) is 24.3 Å². The van der Waals surface area contributed by atoms with Gasteiger partial charge < -0.3 is 0 Å². The van der Waals surface area contributed by atoms with E-state index in [1.165, 1.54) is 7.22 Å². The average Bonchev–Trinajstić information content (AvgIpc) is 2.40. The Morgan fingerprint density at radius 2 is 1.00 bits per heavy atom. The Morgan fingerprint density at radius 3 is 1.29 bits per heavy atom. The molecule has 2 rings (SSSR count). The van der Waals surface area contributed by atoms with Gasteiger partial charge in [-0.2, -0.15) is 0 Å². The monoisotopic (exact) mass is 344 g/mol. The van der Waals surface area contributed by atoms with Gasteiger partial charge in [0.1, 0.15) is 0 Å². The standard InChI is InChI=1S/C14H14O2Te/c1-15-11-3-7-13(8-4-11)17-14-9-5-12(16-2)6-10-14/h3-10H,1-2H3. The number of ether oxygens (including phenoxy) is 2. The summed E-state index contributed by atoms with van der Waals surface area (Å²) in [5.74, 6) is 1.83. The van der Waals surface area contributed by atoms with Crippen molar-refractivity contribution in [2.75, 3.05) is 14.2 Å². The Morgan fingerprint density at radius 1 is 0.647 bits per heavy atom. The predicted molar refractivity (Wildman–Crippen MR) is 71.0 cm³/mol. The average molecular weight is 342 g/mol. The fourth-order valence-electron chi connectivity index (χ4n) is 1.42. The van der Waals surface area contributed by atoms with Crippen molar-refractivity contribution in [3.8, 4) is 11.5 Å². The van der Waals surface area contributed by atoms with Gasteiger partial charge in [0.2, 0.25) is 0 Å². The van der Waals surface area contributed by atoms with Gasteiger partial charge in [0, 0.05) is 0 Å². The van der Waals surface area contributed by atoms with E-state index < -0.39 is 0 Å². The normalized spacial score (nSPS) is 10.0. The van der Waals surface area contributed by atoms with Crippen LogP contribution in [0.5, 0.6) is 11.5 Å². The molecule has 0 fully saturated rings. The summed E-state index contributed by atoms with van der Waals surface area (Å²) >= 11 is -0.308. The van der Waals surface area contributed by atoms with Crippen molar-refractivity contribution < 1.29 is 9.47 Å². The molecule has 0 unspecified atom stereocenters. The van der Waals surface area contributed by atoms with E-state index in [0.29, 0.717) is 0 Å². The summed E-state index contributed by atoms with van der Waals surface area (Å²) in [7, 11) is 3.38. The van der Waals surface area contributed by atoms with Gasteiger partial charge in [0.05, 0.1) is 0 Å². The first-order chi connectivity index (χ1) is 8.31. The summed E-state index contributed by atoms with van der Waals surface area (Å²) < 4.78 is 13.1. The van der Waals surface area contributed by atoms with Crippen molar-refractivity contribution in [2.24, 2.45) is 0 Å². The molecule has 0 aromatic heterocycles. The van der Waals surface area contributed by atoms with Crippen LogP contribution < -0.4 is 16.7 Å². The quantitative estimate of drug-likeness (QED) is 0.782. The number of methoxy groups -OCH3 is 2. The molecule has 0 saturated carbocycles. The SMILES string of the molecule is COc1ccc([Te]c2ccc(OC)cc2)cc1. The molecule has 0 aliphatic heterocycles. The van der Waals surface area contributed by atoms with E-state index in [1.807, 2.05) is 24.3 Å². The predicted octanol–water partition coefficient (Wildman–Crippen LogP) is 1.36. The summed E-state index contributed by atoms with van der Waals surface area (Å²) in [5.41, 5.74) is 0. The first-order valence-electron chi connectivity index (χ1n) is 5.28. The third-order valence-corrected chi connectivity index (χ3v) is 5.25. The fourth-order valence-corrected chi connectivity index (χ4v) is 3.75. The summed E-state index contributed by atoms with van der Waals surface area (Å²) in [6, 6.07) is 16.6. The molecule has 2 aromatic carbocycles. The zero-order valence-corrected chi connectivity index (χ0v) is 12.2. The van der Waals surface area contributed by atoms with Gasteiger partial charge >= 0.3 is 112 Å². The second-order valence-corrected chi connectivity index (χ2v) is 6.73. The van der Waals surface area contributed by atoms with Crippen LogP contribution in [0.15, 0.2) is 48.5 Å². The molecule has 2 aromatic rings. The van der Waals surface area contributed by atoms with Gasteiger partial charge in [0.15, 0.2) is 0 Å². The van der Waals surface area contributed by atoms with Crippen LogP contribution >= 0.6 is 0 Å². The second-order valence-electron chi connectivity index (χ2n) is 3.45. The third-order valence-electron chi connectivity index (χ3n) is 2.35. The van der Waals surface area contributed by atoms with E-state index in [1.54, 1.807) is 14.2 Å². The van der Waals surface area contributed by atoms with E-state index >= 15 is 0 Å². The summed E-state index contributed by atoms with van der Waals surface area (Å²) in [6.07, 6.45) is 0. The van der Waals surface area contributed by atoms with Crippen molar-refractivity contribution in [1.29, 1.82) is 0 Å². The van der Waals surface area contributed by atoms with Gasteiger partial charge in [-0.15, -0.1) is 0 Å². The van der Waals surface area contributed by atoms with Crippen molar-refractivity contribution >= 4 is 28.1 Å². The molecule has 0 atom stereocenters. The molecule has 0 saturated heterocycles. The first kappa shape index (κ1) is 12.3. The molecule has 2 nitrogen and oxygen atoms in total. The molecule has 0 amide bonds. The van der Waals surface area contributed by atoms with Gasteiger partial charge in [-0.05, 0) is 0 Å². The Balaban J connectivity index is 2.08. The van der Waals surface area contributed by atoms with E-state index in [9.17, 15) is 0 Å². The molecule has 88 valence electrons. The van der Waals surface area contributed by atoms with Crippen LogP contribution in [-0.4, -0.2) is 35.1 Å². The van der Waals surface area contributed by atoms with E-state index in [-0.39, 0.29) is 20.9 Å². The van der Waals surface area contributed by atoms with Crippen molar-refractivity contribution in [2.45, 2.75) is 0 Å². The Hall–Kier alpha value is -1.17. The molecule has 17 heavy (non-hydrogen) atoms. The van der Waals surface area contributed by atoms with E-state index in [4.69, 9.17) is 9.47 Å². The Kier molecular flexibility index (Phi) is 4.30. The zero-order valence-electron chi connectivity index (χ0n) is 9.84. The molecule has 0 spiro atoms. The maximum absolute atomic E-state index is 5.15. The van der Waals surface area contributed by atoms with Crippen LogP contribution in [0.1, 0.15) is 0 Å². The van der Waals surface area contributed by atoms with Gasteiger partial charge in [-0.3, -0.25) is 0 Å². The molecule has 0 heterocycles. The molecule has 0 bridgehead atoms. The second kappa shape index (κ2) is 5.95. The molecular weight excluding hydrogens is 328 g/mol. The number of hydrogen-bond acceptors (Lipinski definition) is 2. The minimum absolute atomic E-state index is 0.308. The van der Waals surface area contributed by atoms with Gasteiger partial charge in [-0.25, -0.2) is 0 Å². The van der Waals surface area contributed by atoms with Crippen LogP contribution in [0, 0.1) is 0 Å². The van der Waals surface area contributed by atoms with Crippen LogP contribution in [0.2, 0.25) is 0 Å². The van der Waals surface area contributed by atoms with Gasteiger partial charge in [-0.1, -0.05) is 0 Å². The Labute approximate surface area is 112 Å². The fraction of sp³-hybridized carbons (Fsp3) is 0.143. The minimum atomic E-state index is -0.308. The molecule has 0 N–H and O–H groups in total. The topological polar surface area (TPSA) is 18.5 Å². The van der Waals surface area contributed by atoms with Gasteiger partial charge in [0.25, 0.3) is 0 Å². The molecule has 0 aliphatic rings. The zero-order chi connectivity index (χ0) is 12.1. The summed E-state index contributed by atoms with van der Waals surface area (Å²) in [4.78, 5) is 0. The maximum atomic E-state index is 5.15. The molecule has 0 aliphatic carbocycles. The number of rotatable bonds is 4. The third kappa shape index (κ3) is 3.39. The van der Waals surface area contributed by atoms with Crippen molar-refractivity contribution in [3.63, 3.8) is 0 Å². The van der Waals surface area contributed by atoms with Crippen molar-refractivity contribution in [3.05, 3.63) is 48.5 Å². The molecule has 3 heteroatoms. The molecular formula is C14H14O2Te. The summed E-state index contributed by atoms with van der Waals surface area (Å²) in [5, 5.41) is 0. The van der Waals surface area contributed by atoms with Crippen LogP contribution in [-0.2, 0) is 0 Å².